The van der Waals surface area contributed by atoms with Gasteiger partial charge in [0.1, 0.15) is 17.4 Å². The molecule has 1 spiro atoms. The molecule has 1 saturated carbocycles. The Morgan fingerprint density at radius 1 is 1.25 bits per heavy atom. The molecule has 0 aromatic carbocycles. The number of carbonyl (C=O) groups is 3. The van der Waals surface area contributed by atoms with E-state index in [4.69, 9.17) is 19.1 Å². The number of nitrogens with one attached hydrogen (secondary N) is 1. The number of likely N-dealkylation sites (N-methyl/N-ethyl adjacent to an activating group) is 1. The molecule has 12 heteroatoms. The summed E-state index contributed by atoms with van der Waals surface area (Å²) < 4.78 is 43.0. The first-order valence-electron chi connectivity index (χ1n) is 10.2. The molecule has 2 saturated heterocycles. The van der Waals surface area contributed by atoms with E-state index in [0.29, 0.717) is 43.5 Å². The van der Waals surface area contributed by atoms with Gasteiger partial charge in [0.05, 0.1) is 31.5 Å². The Morgan fingerprint density at radius 3 is 2.34 bits per heavy atom. The highest BCUT2D eigenvalue weighted by molar-refractivity contribution is 5.95. The minimum Gasteiger partial charge on any atom is -0.475 e. The van der Waals surface area contributed by atoms with Crippen molar-refractivity contribution >= 4 is 17.8 Å². The second-order valence-electron chi connectivity index (χ2n) is 8.35. The molecule has 32 heavy (non-hydrogen) atoms. The number of carboxylic acid groups (broad SMARTS) is 1. The topological polar surface area (TPSA) is 112 Å². The normalized spacial score (nSPS) is 22.5. The van der Waals surface area contributed by atoms with Crippen molar-refractivity contribution in [2.45, 2.75) is 37.6 Å². The summed E-state index contributed by atoms with van der Waals surface area (Å²) in [5.74, 6) is -1.41. The van der Waals surface area contributed by atoms with E-state index < -0.39 is 12.1 Å². The summed E-state index contributed by atoms with van der Waals surface area (Å²) in [6, 6.07) is 1.49. The van der Waals surface area contributed by atoms with Gasteiger partial charge in [0.15, 0.2) is 0 Å². The number of halogens is 3. The van der Waals surface area contributed by atoms with Gasteiger partial charge in [0, 0.05) is 20.1 Å². The zero-order valence-corrected chi connectivity index (χ0v) is 17.8. The summed E-state index contributed by atoms with van der Waals surface area (Å²) in [6.07, 6.45) is -1.05. The highest BCUT2D eigenvalue weighted by atomic mass is 19.4. The summed E-state index contributed by atoms with van der Waals surface area (Å²) in [5.41, 5.74) is 0.274. The maximum atomic E-state index is 12.6. The Labute approximate surface area is 182 Å². The number of alkyl halides is 3. The lowest BCUT2D eigenvalue weighted by Crippen LogP contribution is -2.73. The van der Waals surface area contributed by atoms with Crippen LogP contribution in [0.2, 0.25) is 0 Å². The summed E-state index contributed by atoms with van der Waals surface area (Å²) in [5, 5.41) is 9.86. The predicted octanol–water partition coefficient (Wildman–Crippen LogP) is 1.27. The number of nitrogens with zero attached hydrogens (tertiary/aromatic N) is 2. The Morgan fingerprint density at radius 2 is 1.88 bits per heavy atom. The molecule has 1 aromatic heterocycles. The number of amides is 2. The quantitative estimate of drug-likeness (QED) is 0.695. The van der Waals surface area contributed by atoms with Crippen molar-refractivity contribution in [2.24, 2.45) is 5.92 Å². The van der Waals surface area contributed by atoms with Gasteiger partial charge in [0.25, 0.3) is 5.91 Å². The van der Waals surface area contributed by atoms with E-state index in [-0.39, 0.29) is 23.5 Å². The fraction of sp³-hybridized carbons (Fsp3) is 0.650. The van der Waals surface area contributed by atoms with Crippen molar-refractivity contribution in [1.29, 1.82) is 0 Å². The fourth-order valence-electron chi connectivity index (χ4n) is 3.88. The zero-order valence-electron chi connectivity index (χ0n) is 17.8. The van der Waals surface area contributed by atoms with Crippen LogP contribution in [-0.4, -0.2) is 90.3 Å². The second-order valence-corrected chi connectivity index (χ2v) is 8.35. The molecule has 2 amide bonds. The van der Waals surface area contributed by atoms with E-state index in [1.165, 1.54) is 12.8 Å². The number of hydrogen-bond donors (Lipinski definition) is 2. The van der Waals surface area contributed by atoms with Gasteiger partial charge >= 0.3 is 12.1 Å². The van der Waals surface area contributed by atoms with Crippen LogP contribution in [0, 0.1) is 12.8 Å². The van der Waals surface area contributed by atoms with E-state index in [0.717, 1.165) is 6.54 Å². The number of morpholine rings is 1. The molecule has 0 radical (unpaired) electrons. The Hall–Kier alpha value is -2.60. The lowest BCUT2D eigenvalue weighted by molar-refractivity contribution is -0.192. The summed E-state index contributed by atoms with van der Waals surface area (Å²) in [4.78, 5) is 37.7. The molecule has 4 rings (SSSR count). The molecular formula is C20H26F3N3O6. The van der Waals surface area contributed by atoms with Crippen LogP contribution < -0.4 is 5.32 Å². The van der Waals surface area contributed by atoms with Crippen molar-refractivity contribution < 1.29 is 41.8 Å². The molecule has 3 fully saturated rings. The number of aryl methyl sites for hydroxylation is 1. The number of aliphatic carboxylic acids is 1. The van der Waals surface area contributed by atoms with Crippen LogP contribution >= 0.6 is 0 Å². The largest absolute Gasteiger partial charge is 0.490 e. The van der Waals surface area contributed by atoms with Crippen LogP contribution in [0.15, 0.2) is 16.7 Å². The first-order valence-corrected chi connectivity index (χ1v) is 10.2. The second kappa shape index (κ2) is 9.10. The molecule has 0 bridgehead atoms. The van der Waals surface area contributed by atoms with Crippen molar-refractivity contribution in [1.82, 2.24) is 15.1 Å². The van der Waals surface area contributed by atoms with Gasteiger partial charge in [-0.3, -0.25) is 14.5 Å². The fourth-order valence-corrected chi connectivity index (χ4v) is 3.88. The molecule has 178 valence electrons. The molecular weight excluding hydrogens is 435 g/mol. The van der Waals surface area contributed by atoms with Crippen molar-refractivity contribution in [2.75, 3.05) is 39.8 Å². The maximum Gasteiger partial charge on any atom is 0.490 e. The van der Waals surface area contributed by atoms with E-state index in [2.05, 4.69) is 10.2 Å². The number of rotatable bonds is 4. The standard InChI is InChI=1S/C18H25N3O4.C2HF3O2/c1-12-14(5-6-24-12)17(23)21-10-18(11-21)9-20(7-13-3-4-13)15(8-25-18)16(22)19-2;3-2(4,5)1(6)7/h5-6,13,15H,3-4,7-11H2,1-2H3,(H,19,22);(H,6,7). The van der Waals surface area contributed by atoms with Crippen LogP contribution in [0.25, 0.3) is 0 Å². The highest BCUT2D eigenvalue weighted by Crippen LogP contribution is 2.36. The number of carboxylic acids is 1. The number of ether oxygens (including phenoxy) is 1. The molecule has 1 aliphatic carbocycles. The third-order valence-corrected chi connectivity index (χ3v) is 5.80. The van der Waals surface area contributed by atoms with Crippen LogP contribution in [0.5, 0.6) is 0 Å². The van der Waals surface area contributed by atoms with Crippen LogP contribution in [0.1, 0.15) is 29.0 Å². The van der Waals surface area contributed by atoms with Crippen LogP contribution in [0.4, 0.5) is 13.2 Å². The van der Waals surface area contributed by atoms with Gasteiger partial charge in [-0.2, -0.15) is 13.2 Å². The molecule has 1 aromatic rings. The maximum absolute atomic E-state index is 12.6. The summed E-state index contributed by atoms with van der Waals surface area (Å²) >= 11 is 0. The van der Waals surface area contributed by atoms with Gasteiger partial charge in [-0.05, 0) is 31.7 Å². The minimum absolute atomic E-state index is 0.0109. The number of carbonyl (C=O) groups excluding carboxylic acids is 2. The number of furan rings is 1. The Kier molecular flexibility index (Phi) is 6.84. The predicted molar refractivity (Wildman–Crippen MR) is 104 cm³/mol. The molecule has 9 nitrogen and oxygen atoms in total. The lowest BCUT2D eigenvalue weighted by Gasteiger charge is -2.55. The number of likely N-dealkylation sites (tertiary alicyclic amines) is 1. The Balaban J connectivity index is 0.000000360. The lowest BCUT2D eigenvalue weighted by atomic mass is 9.89. The van der Waals surface area contributed by atoms with Crippen molar-refractivity contribution in [3.8, 4) is 0 Å². The van der Waals surface area contributed by atoms with Gasteiger partial charge in [0.2, 0.25) is 5.91 Å². The first kappa shape index (κ1) is 24.1. The third kappa shape index (κ3) is 5.41. The smallest absolute Gasteiger partial charge is 0.475 e. The minimum atomic E-state index is -5.08. The van der Waals surface area contributed by atoms with E-state index in [1.807, 2.05) is 0 Å². The van der Waals surface area contributed by atoms with Gasteiger partial charge in [-0.15, -0.1) is 0 Å². The van der Waals surface area contributed by atoms with Gasteiger partial charge in [-0.1, -0.05) is 0 Å². The average molecular weight is 461 g/mol. The molecule has 3 aliphatic rings. The van der Waals surface area contributed by atoms with Crippen molar-refractivity contribution in [3.05, 3.63) is 23.7 Å². The van der Waals surface area contributed by atoms with Gasteiger partial charge in [-0.25, -0.2) is 4.79 Å². The van der Waals surface area contributed by atoms with E-state index in [9.17, 15) is 22.8 Å². The molecule has 1 unspecified atom stereocenters. The summed E-state index contributed by atoms with van der Waals surface area (Å²) in [6.45, 7) is 4.97. The van der Waals surface area contributed by atoms with Crippen LogP contribution in [0.3, 0.4) is 0 Å². The molecule has 3 heterocycles. The molecule has 2 N–H and O–H groups in total. The molecule has 2 aliphatic heterocycles. The third-order valence-electron chi connectivity index (χ3n) is 5.80. The van der Waals surface area contributed by atoms with Gasteiger partial charge < -0.3 is 24.5 Å². The SMILES string of the molecule is CNC(=O)C1COC2(CN(C(=O)c3ccoc3C)C2)CN1CC1CC1.O=C(O)C(F)(F)F. The molecule has 1 atom stereocenters. The Bertz CT molecular complexity index is 861. The number of hydrogen-bond acceptors (Lipinski definition) is 6. The van der Waals surface area contributed by atoms with E-state index in [1.54, 1.807) is 31.2 Å². The average Bonchev–Trinajstić information content (AvgIpc) is 3.41. The highest BCUT2D eigenvalue weighted by Gasteiger charge is 2.52. The van der Waals surface area contributed by atoms with E-state index >= 15 is 0 Å². The van der Waals surface area contributed by atoms with Crippen molar-refractivity contribution in [3.63, 3.8) is 0 Å². The zero-order chi connectivity index (χ0) is 23.7. The van der Waals surface area contributed by atoms with Crippen LogP contribution in [-0.2, 0) is 14.3 Å². The monoisotopic (exact) mass is 461 g/mol. The summed E-state index contributed by atoms with van der Waals surface area (Å²) in [7, 11) is 1.67. The first-order chi connectivity index (χ1) is 15.0.